The molecule has 3 rings (SSSR count). The Balaban J connectivity index is 2.23. The van der Waals surface area contributed by atoms with Crippen molar-refractivity contribution in [2.75, 3.05) is 7.11 Å². The topological polar surface area (TPSA) is 39.7 Å². The molecule has 0 aromatic carbocycles. The van der Waals surface area contributed by atoms with Crippen LogP contribution in [-0.4, -0.2) is 16.5 Å². The van der Waals surface area contributed by atoms with Crippen LogP contribution in [0.5, 0.6) is 5.75 Å². The largest absolute Gasteiger partial charge is 0.493 e. The van der Waals surface area contributed by atoms with Crippen LogP contribution in [0.4, 0.5) is 0 Å². The van der Waals surface area contributed by atoms with Crippen LogP contribution in [-0.2, 0) is 0 Å². The van der Waals surface area contributed by atoms with Gasteiger partial charge in [-0.2, -0.15) is 0 Å². The molecule has 3 aromatic rings. The van der Waals surface area contributed by atoms with Gasteiger partial charge in [0.25, 0.3) is 0 Å². The number of imidazole rings is 1. The van der Waals surface area contributed by atoms with Gasteiger partial charge in [0.05, 0.1) is 25.3 Å². The predicted octanol–water partition coefficient (Wildman–Crippen LogP) is 2.60. The average molecular weight is 214 g/mol. The predicted molar refractivity (Wildman–Crippen MR) is 59.4 cm³/mol. The lowest BCUT2D eigenvalue weighted by Gasteiger charge is -1.99. The maximum absolute atomic E-state index is 5.25. The first-order valence-electron chi connectivity index (χ1n) is 4.93. The molecule has 0 bridgehead atoms. The maximum Gasteiger partial charge on any atom is 0.180 e. The number of pyridine rings is 1. The minimum atomic E-state index is 0.761. The molecule has 0 spiro atoms. The molecule has 80 valence electrons. The van der Waals surface area contributed by atoms with Gasteiger partial charge >= 0.3 is 0 Å². The summed E-state index contributed by atoms with van der Waals surface area (Å²) < 4.78 is 12.2. The van der Waals surface area contributed by atoms with Crippen molar-refractivity contribution in [1.29, 1.82) is 0 Å². The third-order valence-electron chi connectivity index (χ3n) is 2.48. The highest BCUT2D eigenvalue weighted by Crippen LogP contribution is 2.24. The third kappa shape index (κ3) is 1.27. The molecule has 0 fully saturated rings. The summed E-state index contributed by atoms with van der Waals surface area (Å²) in [5.74, 6) is 0.761. The lowest BCUT2D eigenvalue weighted by Crippen LogP contribution is -1.88. The number of hydrogen-bond donors (Lipinski definition) is 0. The van der Waals surface area contributed by atoms with Crippen molar-refractivity contribution in [1.82, 2.24) is 9.38 Å². The fourth-order valence-corrected chi connectivity index (χ4v) is 1.70. The molecule has 4 heteroatoms. The van der Waals surface area contributed by atoms with E-state index in [2.05, 4.69) is 4.98 Å². The average Bonchev–Trinajstić information content (AvgIpc) is 2.96. The van der Waals surface area contributed by atoms with Gasteiger partial charge in [-0.05, 0) is 18.2 Å². The summed E-state index contributed by atoms with van der Waals surface area (Å²) >= 11 is 0. The van der Waals surface area contributed by atoms with Crippen LogP contribution in [0.25, 0.3) is 16.9 Å². The van der Waals surface area contributed by atoms with Crippen molar-refractivity contribution in [3.63, 3.8) is 0 Å². The van der Waals surface area contributed by atoms with Crippen molar-refractivity contribution in [3.05, 3.63) is 43.1 Å². The van der Waals surface area contributed by atoms with E-state index in [4.69, 9.17) is 9.15 Å². The molecule has 0 aliphatic rings. The summed E-state index contributed by atoms with van der Waals surface area (Å²) in [6.45, 7) is 0. The van der Waals surface area contributed by atoms with E-state index in [0.717, 1.165) is 22.7 Å². The standard InChI is InChI=1S/C12H10N2O2/c1-15-11-3-2-5-14-7-10(13-12(11)14)9-4-6-16-8-9/h2-8H,1H3. The van der Waals surface area contributed by atoms with Gasteiger partial charge in [0.2, 0.25) is 0 Å². The Hall–Kier alpha value is -2.23. The van der Waals surface area contributed by atoms with E-state index in [0.29, 0.717) is 0 Å². The molecule has 0 unspecified atom stereocenters. The molecule has 0 aliphatic heterocycles. The Labute approximate surface area is 92.1 Å². The molecule has 3 aromatic heterocycles. The molecule has 0 aliphatic carbocycles. The van der Waals surface area contributed by atoms with Crippen molar-refractivity contribution < 1.29 is 9.15 Å². The van der Waals surface area contributed by atoms with Gasteiger partial charge in [0, 0.05) is 18.0 Å². The second kappa shape index (κ2) is 3.41. The number of ether oxygens (including phenoxy) is 1. The lowest BCUT2D eigenvalue weighted by atomic mass is 10.3. The first kappa shape index (κ1) is 9.03. The number of nitrogens with zero attached hydrogens (tertiary/aromatic N) is 2. The van der Waals surface area contributed by atoms with Crippen LogP contribution >= 0.6 is 0 Å². The molecule has 4 nitrogen and oxygen atoms in total. The summed E-state index contributed by atoms with van der Waals surface area (Å²) in [6, 6.07) is 5.70. The van der Waals surface area contributed by atoms with Crippen LogP contribution in [0.15, 0.2) is 47.5 Å². The van der Waals surface area contributed by atoms with E-state index >= 15 is 0 Å². The Kier molecular flexibility index (Phi) is 1.93. The van der Waals surface area contributed by atoms with E-state index < -0.39 is 0 Å². The smallest absolute Gasteiger partial charge is 0.180 e. The molecule has 0 amide bonds. The fraction of sp³-hybridized carbons (Fsp3) is 0.0833. The summed E-state index contributed by atoms with van der Waals surface area (Å²) in [7, 11) is 1.64. The fourth-order valence-electron chi connectivity index (χ4n) is 1.70. The van der Waals surface area contributed by atoms with Crippen molar-refractivity contribution in [2.45, 2.75) is 0 Å². The molecule has 0 radical (unpaired) electrons. The van der Waals surface area contributed by atoms with E-state index in [-0.39, 0.29) is 0 Å². The molecule has 0 N–H and O–H groups in total. The highest BCUT2D eigenvalue weighted by molar-refractivity contribution is 5.65. The van der Waals surface area contributed by atoms with Crippen LogP contribution < -0.4 is 4.74 Å². The molecular weight excluding hydrogens is 204 g/mol. The van der Waals surface area contributed by atoms with Crippen LogP contribution in [0.3, 0.4) is 0 Å². The van der Waals surface area contributed by atoms with Gasteiger partial charge in [-0.15, -0.1) is 0 Å². The molecule has 0 atom stereocenters. The molecule has 3 heterocycles. The number of hydrogen-bond acceptors (Lipinski definition) is 3. The van der Waals surface area contributed by atoms with Crippen LogP contribution in [0.1, 0.15) is 0 Å². The van der Waals surface area contributed by atoms with Crippen LogP contribution in [0.2, 0.25) is 0 Å². The Morgan fingerprint density at radius 1 is 1.38 bits per heavy atom. The minimum Gasteiger partial charge on any atom is -0.493 e. The summed E-state index contributed by atoms with van der Waals surface area (Å²) in [6.07, 6.45) is 7.20. The van der Waals surface area contributed by atoms with Crippen molar-refractivity contribution in [3.8, 4) is 17.0 Å². The second-order valence-electron chi connectivity index (χ2n) is 3.45. The van der Waals surface area contributed by atoms with Gasteiger partial charge in [0.1, 0.15) is 0 Å². The number of fused-ring (bicyclic) bond motifs is 1. The first-order valence-corrected chi connectivity index (χ1v) is 4.93. The molecule has 16 heavy (non-hydrogen) atoms. The number of methoxy groups -OCH3 is 1. The highest BCUT2D eigenvalue weighted by atomic mass is 16.5. The monoisotopic (exact) mass is 214 g/mol. The zero-order valence-electron chi connectivity index (χ0n) is 8.75. The third-order valence-corrected chi connectivity index (χ3v) is 2.48. The maximum atomic E-state index is 5.25. The quantitative estimate of drug-likeness (QED) is 0.658. The van der Waals surface area contributed by atoms with Gasteiger partial charge in [-0.3, -0.25) is 0 Å². The van der Waals surface area contributed by atoms with E-state index in [1.165, 1.54) is 0 Å². The van der Waals surface area contributed by atoms with E-state index in [1.807, 2.05) is 35.0 Å². The molecule has 0 saturated carbocycles. The van der Waals surface area contributed by atoms with Crippen molar-refractivity contribution in [2.24, 2.45) is 0 Å². The van der Waals surface area contributed by atoms with Crippen LogP contribution in [0, 0.1) is 0 Å². The number of furan rings is 1. The number of aromatic nitrogens is 2. The zero-order valence-corrected chi connectivity index (χ0v) is 8.75. The number of rotatable bonds is 2. The summed E-state index contributed by atoms with van der Waals surface area (Å²) in [4.78, 5) is 4.50. The van der Waals surface area contributed by atoms with E-state index in [9.17, 15) is 0 Å². The normalized spacial score (nSPS) is 10.8. The minimum absolute atomic E-state index is 0.761. The lowest BCUT2D eigenvalue weighted by molar-refractivity contribution is 0.417. The van der Waals surface area contributed by atoms with Gasteiger partial charge in [-0.25, -0.2) is 4.98 Å². The molecule has 0 saturated heterocycles. The van der Waals surface area contributed by atoms with Crippen molar-refractivity contribution >= 4 is 5.65 Å². The second-order valence-corrected chi connectivity index (χ2v) is 3.45. The summed E-state index contributed by atoms with van der Waals surface area (Å²) in [5, 5.41) is 0. The Morgan fingerprint density at radius 2 is 2.31 bits per heavy atom. The SMILES string of the molecule is COc1cccn2cc(-c3ccoc3)nc12. The molecular formula is C12H10N2O2. The first-order chi connectivity index (χ1) is 7.88. The Bertz CT molecular complexity index is 611. The Morgan fingerprint density at radius 3 is 3.06 bits per heavy atom. The van der Waals surface area contributed by atoms with E-state index in [1.54, 1.807) is 19.6 Å². The van der Waals surface area contributed by atoms with Gasteiger partial charge in [-0.1, -0.05) is 0 Å². The summed E-state index contributed by atoms with van der Waals surface area (Å²) in [5.41, 5.74) is 2.64. The highest BCUT2D eigenvalue weighted by Gasteiger charge is 2.08. The van der Waals surface area contributed by atoms with Gasteiger partial charge < -0.3 is 13.6 Å². The zero-order chi connectivity index (χ0) is 11.0. The van der Waals surface area contributed by atoms with Gasteiger partial charge in [0.15, 0.2) is 11.4 Å².